The second-order valence-electron chi connectivity index (χ2n) is 7.01. The standard InChI is InChI=1S/C23H20N2O5/c26-21(14-9-11-24-12-10-14)20(22(27)28)25-23(29)30-13-19-17-7-3-1-5-15(17)16-6-2-4-8-18(16)19/h1-12,19-21,26H,13H2,(H,25,29)(H,27,28). The van der Waals surface area contributed by atoms with Gasteiger partial charge in [0.05, 0.1) is 0 Å². The van der Waals surface area contributed by atoms with Crippen LogP contribution in [0.3, 0.4) is 0 Å². The van der Waals surface area contributed by atoms with Gasteiger partial charge in [0.15, 0.2) is 6.04 Å². The fourth-order valence-corrected chi connectivity index (χ4v) is 3.80. The molecule has 0 radical (unpaired) electrons. The van der Waals surface area contributed by atoms with Gasteiger partial charge in [0.25, 0.3) is 0 Å². The minimum atomic E-state index is -1.55. The van der Waals surface area contributed by atoms with Gasteiger partial charge in [0, 0.05) is 18.3 Å². The Labute approximate surface area is 173 Å². The number of amides is 1. The minimum Gasteiger partial charge on any atom is -0.480 e. The summed E-state index contributed by atoms with van der Waals surface area (Å²) in [7, 11) is 0. The number of hydrogen-bond acceptors (Lipinski definition) is 5. The molecule has 2 aromatic carbocycles. The van der Waals surface area contributed by atoms with Crippen LogP contribution in [0.1, 0.15) is 28.7 Å². The Bertz CT molecular complexity index is 1020. The predicted octanol–water partition coefficient (Wildman–Crippen LogP) is 3.11. The van der Waals surface area contributed by atoms with Crippen molar-refractivity contribution in [3.8, 4) is 11.1 Å². The van der Waals surface area contributed by atoms with Crippen LogP contribution in [0.25, 0.3) is 11.1 Å². The average Bonchev–Trinajstić information content (AvgIpc) is 3.10. The number of aliphatic carboxylic acids is 1. The van der Waals surface area contributed by atoms with Crippen LogP contribution in [-0.4, -0.2) is 39.9 Å². The molecule has 1 aliphatic carbocycles. The summed E-state index contributed by atoms with van der Waals surface area (Å²) >= 11 is 0. The van der Waals surface area contributed by atoms with E-state index in [4.69, 9.17) is 4.74 Å². The number of rotatable bonds is 6. The van der Waals surface area contributed by atoms with Crippen molar-refractivity contribution in [1.82, 2.24) is 10.3 Å². The Morgan fingerprint density at radius 1 is 0.967 bits per heavy atom. The Kier molecular flexibility index (Phi) is 5.45. The molecule has 4 rings (SSSR count). The summed E-state index contributed by atoms with van der Waals surface area (Å²) in [4.78, 5) is 27.8. The first-order valence-electron chi connectivity index (χ1n) is 9.48. The quantitative estimate of drug-likeness (QED) is 0.583. The Morgan fingerprint density at radius 2 is 1.53 bits per heavy atom. The van der Waals surface area contributed by atoms with E-state index in [9.17, 15) is 19.8 Å². The maximum Gasteiger partial charge on any atom is 0.407 e. The van der Waals surface area contributed by atoms with E-state index in [2.05, 4.69) is 10.3 Å². The van der Waals surface area contributed by atoms with Crippen LogP contribution in [0.15, 0.2) is 73.1 Å². The number of fused-ring (bicyclic) bond motifs is 3. The summed E-state index contributed by atoms with van der Waals surface area (Å²) in [5.41, 5.74) is 4.63. The number of aliphatic hydroxyl groups excluding tert-OH is 1. The van der Waals surface area contributed by atoms with E-state index in [0.29, 0.717) is 5.56 Å². The summed E-state index contributed by atoms with van der Waals surface area (Å²) in [5, 5.41) is 22.1. The Balaban J connectivity index is 1.46. The summed E-state index contributed by atoms with van der Waals surface area (Å²) in [6.07, 6.45) is 0.526. The van der Waals surface area contributed by atoms with Gasteiger partial charge in [-0.05, 0) is 39.9 Å². The molecule has 7 nitrogen and oxygen atoms in total. The van der Waals surface area contributed by atoms with Crippen molar-refractivity contribution < 1.29 is 24.5 Å². The molecule has 1 aromatic heterocycles. The molecule has 1 amide bonds. The topological polar surface area (TPSA) is 109 Å². The molecule has 2 unspecified atom stereocenters. The lowest BCUT2D eigenvalue weighted by atomic mass is 9.98. The van der Waals surface area contributed by atoms with Gasteiger partial charge in [-0.25, -0.2) is 9.59 Å². The number of carbonyl (C=O) groups is 2. The lowest BCUT2D eigenvalue weighted by Gasteiger charge is -2.21. The number of carboxylic acids is 1. The molecule has 30 heavy (non-hydrogen) atoms. The zero-order valence-corrected chi connectivity index (χ0v) is 15.9. The zero-order chi connectivity index (χ0) is 21.1. The molecular weight excluding hydrogens is 384 g/mol. The van der Waals surface area contributed by atoms with Gasteiger partial charge in [0.2, 0.25) is 0 Å². The third-order valence-corrected chi connectivity index (χ3v) is 5.25. The van der Waals surface area contributed by atoms with E-state index >= 15 is 0 Å². The molecule has 3 N–H and O–H groups in total. The lowest BCUT2D eigenvalue weighted by Crippen LogP contribution is -2.45. The predicted molar refractivity (Wildman–Crippen MR) is 109 cm³/mol. The first-order valence-corrected chi connectivity index (χ1v) is 9.48. The van der Waals surface area contributed by atoms with Crippen LogP contribution >= 0.6 is 0 Å². The van der Waals surface area contributed by atoms with Crippen LogP contribution in [0, 0.1) is 0 Å². The van der Waals surface area contributed by atoms with Crippen molar-refractivity contribution in [2.24, 2.45) is 0 Å². The molecule has 152 valence electrons. The second kappa shape index (κ2) is 8.34. The largest absolute Gasteiger partial charge is 0.480 e. The van der Waals surface area contributed by atoms with Gasteiger partial charge in [-0.15, -0.1) is 0 Å². The minimum absolute atomic E-state index is 0.0531. The number of nitrogens with zero attached hydrogens (tertiary/aromatic N) is 1. The van der Waals surface area contributed by atoms with E-state index < -0.39 is 24.2 Å². The van der Waals surface area contributed by atoms with E-state index in [1.165, 1.54) is 24.5 Å². The van der Waals surface area contributed by atoms with Crippen molar-refractivity contribution in [1.29, 1.82) is 0 Å². The van der Waals surface area contributed by atoms with Crippen LogP contribution in [-0.2, 0) is 9.53 Å². The fraction of sp³-hybridized carbons (Fsp3) is 0.174. The molecule has 2 atom stereocenters. The number of nitrogens with one attached hydrogen (secondary N) is 1. The monoisotopic (exact) mass is 404 g/mol. The highest BCUT2D eigenvalue weighted by Gasteiger charge is 2.32. The second-order valence-corrected chi connectivity index (χ2v) is 7.01. The molecule has 0 saturated carbocycles. The first kappa shape index (κ1) is 19.6. The molecule has 0 bridgehead atoms. The molecular formula is C23H20N2O5. The van der Waals surface area contributed by atoms with E-state index in [0.717, 1.165) is 22.3 Å². The number of aliphatic hydroxyl groups is 1. The summed E-state index contributed by atoms with van der Waals surface area (Å²) in [5.74, 6) is -1.51. The van der Waals surface area contributed by atoms with Gasteiger partial charge in [0.1, 0.15) is 12.7 Å². The number of aromatic nitrogens is 1. The van der Waals surface area contributed by atoms with Gasteiger partial charge in [-0.2, -0.15) is 0 Å². The van der Waals surface area contributed by atoms with Crippen LogP contribution < -0.4 is 5.32 Å². The molecule has 1 aliphatic rings. The normalized spacial score (nSPS) is 14.3. The summed E-state index contributed by atoms with van der Waals surface area (Å²) in [6.45, 7) is 0.0531. The van der Waals surface area contributed by atoms with Crippen molar-refractivity contribution in [2.75, 3.05) is 6.61 Å². The van der Waals surface area contributed by atoms with Crippen molar-refractivity contribution in [3.05, 3.63) is 89.7 Å². The van der Waals surface area contributed by atoms with Crippen LogP contribution in [0.4, 0.5) is 4.79 Å². The van der Waals surface area contributed by atoms with E-state index in [-0.39, 0.29) is 12.5 Å². The smallest absolute Gasteiger partial charge is 0.407 e. The highest BCUT2D eigenvalue weighted by molar-refractivity contribution is 5.81. The van der Waals surface area contributed by atoms with Gasteiger partial charge in [-0.1, -0.05) is 48.5 Å². The number of hydrogen-bond donors (Lipinski definition) is 3. The molecule has 3 aromatic rings. The number of benzene rings is 2. The third-order valence-electron chi connectivity index (χ3n) is 5.25. The molecule has 7 heteroatoms. The van der Waals surface area contributed by atoms with Crippen molar-refractivity contribution in [3.63, 3.8) is 0 Å². The van der Waals surface area contributed by atoms with Crippen LogP contribution in [0.2, 0.25) is 0 Å². The van der Waals surface area contributed by atoms with Gasteiger partial charge >= 0.3 is 12.1 Å². The van der Waals surface area contributed by atoms with E-state index in [1.807, 2.05) is 48.5 Å². The lowest BCUT2D eigenvalue weighted by molar-refractivity contribution is -0.142. The SMILES string of the molecule is O=C(NC(C(=O)O)C(O)c1ccncc1)OCC1c2ccccc2-c2ccccc21. The van der Waals surface area contributed by atoms with Crippen molar-refractivity contribution >= 4 is 12.1 Å². The maximum atomic E-state index is 12.4. The van der Waals surface area contributed by atoms with Crippen LogP contribution in [0.5, 0.6) is 0 Å². The van der Waals surface area contributed by atoms with Gasteiger partial charge < -0.3 is 20.3 Å². The maximum absolute atomic E-state index is 12.4. The molecule has 0 fully saturated rings. The first-order chi connectivity index (χ1) is 14.6. The third kappa shape index (κ3) is 3.75. The summed E-state index contributed by atoms with van der Waals surface area (Å²) < 4.78 is 5.37. The molecule has 1 heterocycles. The number of carboxylic acid groups (broad SMARTS) is 1. The highest BCUT2D eigenvalue weighted by atomic mass is 16.5. The van der Waals surface area contributed by atoms with Crippen molar-refractivity contribution in [2.45, 2.75) is 18.1 Å². The highest BCUT2D eigenvalue weighted by Crippen LogP contribution is 2.44. The number of carbonyl (C=O) groups excluding carboxylic acids is 1. The molecule has 0 spiro atoms. The molecule has 0 aliphatic heterocycles. The van der Waals surface area contributed by atoms with E-state index in [1.54, 1.807) is 0 Å². The van der Waals surface area contributed by atoms with Gasteiger partial charge in [-0.3, -0.25) is 4.98 Å². The number of ether oxygens (including phenoxy) is 1. The number of pyridine rings is 1. The average molecular weight is 404 g/mol. The fourth-order valence-electron chi connectivity index (χ4n) is 3.80. The Morgan fingerprint density at radius 3 is 2.10 bits per heavy atom. The zero-order valence-electron chi connectivity index (χ0n) is 15.9. The summed E-state index contributed by atoms with van der Waals surface area (Å²) in [6, 6.07) is 17.3. The molecule has 0 saturated heterocycles. The Hall–Kier alpha value is -3.71. The number of alkyl carbamates (subject to hydrolysis) is 1.